The molecule has 0 saturated heterocycles. The summed E-state index contributed by atoms with van der Waals surface area (Å²) < 4.78 is 0. The number of fused-ring (bicyclic) bond motifs is 4. The minimum absolute atomic E-state index is 1.27. The van der Waals surface area contributed by atoms with Gasteiger partial charge in [0.15, 0.2) is 0 Å². The Morgan fingerprint density at radius 1 is 0.265 bits per heavy atom. The van der Waals surface area contributed by atoms with Gasteiger partial charge in [-0.3, -0.25) is 0 Å². The topological polar surface area (TPSA) is 0 Å². The van der Waals surface area contributed by atoms with Crippen LogP contribution in [-0.4, -0.2) is 0 Å². The fourth-order valence-corrected chi connectivity index (χ4v) is 5.52. The van der Waals surface area contributed by atoms with Gasteiger partial charge in [0, 0.05) is 0 Å². The molecule has 0 heterocycles. The molecule has 0 fully saturated rings. The summed E-state index contributed by atoms with van der Waals surface area (Å²) in [6.07, 6.45) is 0. The summed E-state index contributed by atoms with van der Waals surface area (Å²) in [5.74, 6) is 0. The normalized spacial score (nSPS) is 11.5. The molecule has 0 amide bonds. The summed E-state index contributed by atoms with van der Waals surface area (Å²) in [6, 6.07) is 48.6. The number of benzene rings is 7. The standard InChI is InChI=1S/C34H22/c1-4-15-26-23(10-1)13-7-18-29(26)30-19-9-21-32-33(30)22-25-12-3-6-17-28(25)34(32)31-20-8-14-24-11-2-5-16-27(24)31/h1-22H. The highest BCUT2D eigenvalue weighted by Crippen LogP contribution is 2.43. The summed E-state index contributed by atoms with van der Waals surface area (Å²) in [7, 11) is 0. The molecule has 7 aromatic carbocycles. The summed E-state index contributed by atoms with van der Waals surface area (Å²) >= 11 is 0. The molecular weight excluding hydrogens is 408 g/mol. The van der Waals surface area contributed by atoms with Gasteiger partial charge in [0.1, 0.15) is 0 Å². The lowest BCUT2D eigenvalue weighted by atomic mass is 9.86. The van der Waals surface area contributed by atoms with Gasteiger partial charge >= 0.3 is 0 Å². The van der Waals surface area contributed by atoms with E-state index in [-0.39, 0.29) is 0 Å². The van der Waals surface area contributed by atoms with Gasteiger partial charge < -0.3 is 0 Å². The lowest BCUT2D eigenvalue weighted by Gasteiger charge is -2.17. The molecule has 0 aliphatic heterocycles. The second-order valence-corrected chi connectivity index (χ2v) is 8.93. The first-order valence-electron chi connectivity index (χ1n) is 11.8. The molecule has 0 aliphatic carbocycles. The van der Waals surface area contributed by atoms with Crippen LogP contribution in [0.5, 0.6) is 0 Å². The third-order valence-electron chi connectivity index (χ3n) is 7.04. The van der Waals surface area contributed by atoms with E-state index in [1.807, 2.05) is 0 Å². The van der Waals surface area contributed by atoms with E-state index in [1.165, 1.54) is 65.3 Å². The maximum Gasteiger partial charge on any atom is -0.00204 e. The van der Waals surface area contributed by atoms with Crippen molar-refractivity contribution >= 4 is 43.1 Å². The maximum absolute atomic E-state index is 2.37. The van der Waals surface area contributed by atoms with E-state index in [0.717, 1.165) is 0 Å². The number of hydrogen-bond donors (Lipinski definition) is 0. The molecule has 158 valence electrons. The monoisotopic (exact) mass is 430 g/mol. The minimum atomic E-state index is 1.27. The first-order valence-corrected chi connectivity index (χ1v) is 11.8. The van der Waals surface area contributed by atoms with Crippen molar-refractivity contribution in [2.24, 2.45) is 0 Å². The van der Waals surface area contributed by atoms with E-state index in [1.54, 1.807) is 0 Å². The van der Waals surface area contributed by atoms with Gasteiger partial charge in [-0.25, -0.2) is 0 Å². The summed E-state index contributed by atoms with van der Waals surface area (Å²) in [5, 5.41) is 10.3. The van der Waals surface area contributed by atoms with E-state index in [2.05, 4.69) is 133 Å². The molecule has 7 aromatic rings. The Bertz CT molecular complexity index is 1850. The van der Waals surface area contributed by atoms with Crippen molar-refractivity contribution in [1.29, 1.82) is 0 Å². The zero-order valence-electron chi connectivity index (χ0n) is 18.7. The predicted octanol–water partition coefficient (Wildman–Crippen LogP) is 9.63. The zero-order valence-corrected chi connectivity index (χ0v) is 18.7. The molecule has 0 aromatic heterocycles. The second-order valence-electron chi connectivity index (χ2n) is 8.93. The average molecular weight is 431 g/mol. The van der Waals surface area contributed by atoms with E-state index in [4.69, 9.17) is 0 Å². The lowest BCUT2D eigenvalue weighted by molar-refractivity contribution is 1.68. The van der Waals surface area contributed by atoms with Gasteiger partial charge in [0.25, 0.3) is 0 Å². The van der Waals surface area contributed by atoms with Crippen molar-refractivity contribution in [2.45, 2.75) is 0 Å². The third-order valence-corrected chi connectivity index (χ3v) is 7.04. The van der Waals surface area contributed by atoms with Crippen LogP contribution in [0.25, 0.3) is 65.3 Å². The van der Waals surface area contributed by atoms with E-state index in [0.29, 0.717) is 0 Å². The highest BCUT2D eigenvalue weighted by molar-refractivity contribution is 6.20. The molecule has 0 atom stereocenters. The van der Waals surface area contributed by atoms with Crippen LogP contribution in [0.15, 0.2) is 133 Å². The third kappa shape index (κ3) is 2.86. The van der Waals surface area contributed by atoms with Gasteiger partial charge in [-0.05, 0) is 71.4 Å². The molecule has 7 rings (SSSR count). The predicted molar refractivity (Wildman–Crippen MR) is 147 cm³/mol. The largest absolute Gasteiger partial charge is 0.0616 e. The minimum Gasteiger partial charge on any atom is -0.0616 e. The van der Waals surface area contributed by atoms with Gasteiger partial charge in [0.05, 0.1) is 0 Å². The average Bonchev–Trinajstić information content (AvgIpc) is 2.91. The van der Waals surface area contributed by atoms with E-state index >= 15 is 0 Å². The molecule has 0 aliphatic rings. The smallest absolute Gasteiger partial charge is 0.00204 e. The molecule has 0 spiro atoms. The first-order chi connectivity index (χ1) is 16.9. The van der Waals surface area contributed by atoms with Crippen molar-refractivity contribution in [1.82, 2.24) is 0 Å². The van der Waals surface area contributed by atoms with Crippen LogP contribution in [0.4, 0.5) is 0 Å². The summed E-state index contributed by atoms with van der Waals surface area (Å²) in [4.78, 5) is 0. The number of hydrogen-bond acceptors (Lipinski definition) is 0. The van der Waals surface area contributed by atoms with Crippen LogP contribution in [0, 0.1) is 0 Å². The molecule has 0 radical (unpaired) electrons. The Morgan fingerprint density at radius 2 is 0.706 bits per heavy atom. The van der Waals surface area contributed by atoms with Crippen molar-refractivity contribution in [3.63, 3.8) is 0 Å². The van der Waals surface area contributed by atoms with Crippen molar-refractivity contribution in [3.05, 3.63) is 133 Å². The fourth-order valence-electron chi connectivity index (χ4n) is 5.52. The van der Waals surface area contributed by atoms with Gasteiger partial charge in [-0.2, -0.15) is 0 Å². The first kappa shape index (κ1) is 19.1. The van der Waals surface area contributed by atoms with Crippen molar-refractivity contribution in [3.8, 4) is 22.3 Å². The van der Waals surface area contributed by atoms with Crippen LogP contribution < -0.4 is 0 Å². The Hall–Kier alpha value is -4.42. The molecule has 0 N–H and O–H groups in total. The van der Waals surface area contributed by atoms with Gasteiger partial charge in [-0.15, -0.1) is 0 Å². The number of rotatable bonds is 2. The highest BCUT2D eigenvalue weighted by Gasteiger charge is 2.15. The molecule has 34 heavy (non-hydrogen) atoms. The molecule has 0 unspecified atom stereocenters. The SMILES string of the molecule is c1ccc2c(-c3cccc4c(-c5cccc6ccccc56)c5ccccc5cc34)cccc2c1. The molecule has 0 bridgehead atoms. The van der Waals surface area contributed by atoms with Crippen LogP contribution in [-0.2, 0) is 0 Å². The van der Waals surface area contributed by atoms with Crippen LogP contribution in [0.2, 0.25) is 0 Å². The van der Waals surface area contributed by atoms with Crippen LogP contribution in [0.3, 0.4) is 0 Å². The Labute approximate surface area is 198 Å². The van der Waals surface area contributed by atoms with Crippen LogP contribution in [0.1, 0.15) is 0 Å². The van der Waals surface area contributed by atoms with E-state index < -0.39 is 0 Å². The van der Waals surface area contributed by atoms with E-state index in [9.17, 15) is 0 Å². The Balaban J connectivity index is 1.66. The summed E-state index contributed by atoms with van der Waals surface area (Å²) in [5.41, 5.74) is 5.16. The second kappa shape index (κ2) is 7.57. The van der Waals surface area contributed by atoms with Gasteiger partial charge in [0.2, 0.25) is 0 Å². The highest BCUT2D eigenvalue weighted by atomic mass is 14.2. The van der Waals surface area contributed by atoms with Gasteiger partial charge in [-0.1, -0.05) is 127 Å². The zero-order chi connectivity index (χ0) is 22.5. The molecule has 0 nitrogen and oxygen atoms in total. The summed E-state index contributed by atoms with van der Waals surface area (Å²) in [6.45, 7) is 0. The lowest BCUT2D eigenvalue weighted by Crippen LogP contribution is -1.90. The molecular formula is C34H22. The Morgan fingerprint density at radius 3 is 1.41 bits per heavy atom. The Kier molecular flexibility index (Phi) is 4.25. The quantitative estimate of drug-likeness (QED) is 0.239. The van der Waals surface area contributed by atoms with Crippen molar-refractivity contribution < 1.29 is 0 Å². The molecule has 0 saturated carbocycles. The van der Waals surface area contributed by atoms with Crippen LogP contribution >= 0.6 is 0 Å². The molecule has 0 heteroatoms. The van der Waals surface area contributed by atoms with Crippen molar-refractivity contribution in [2.75, 3.05) is 0 Å². The maximum atomic E-state index is 2.37. The fraction of sp³-hybridized carbons (Fsp3) is 0.